The van der Waals surface area contributed by atoms with Crippen LogP contribution < -0.4 is 10.5 Å². The molecule has 4 rings (SSSR count). The van der Waals surface area contributed by atoms with Crippen LogP contribution in [0.3, 0.4) is 0 Å². The van der Waals surface area contributed by atoms with Crippen LogP contribution in [0.25, 0.3) is 0 Å². The van der Waals surface area contributed by atoms with Gasteiger partial charge in [-0.3, -0.25) is 9.59 Å². The largest absolute Gasteiger partial charge is 0.393 e. The van der Waals surface area contributed by atoms with Crippen molar-refractivity contribution in [3.8, 4) is 0 Å². The monoisotopic (exact) mass is 410 g/mol. The smallest absolute Gasteiger partial charge is 0.269 e. The molecule has 1 amide bonds. The minimum absolute atomic E-state index is 0.0254. The Morgan fingerprint density at radius 2 is 1.90 bits per heavy atom. The zero-order chi connectivity index (χ0) is 21.3. The lowest BCUT2D eigenvalue weighted by molar-refractivity contribution is 0.0669. The summed E-state index contributed by atoms with van der Waals surface area (Å²) in [5.74, 6) is 0.0254. The first-order valence-electron chi connectivity index (χ1n) is 10.8. The molecule has 30 heavy (non-hydrogen) atoms. The lowest BCUT2D eigenvalue weighted by Crippen LogP contribution is -2.44. The van der Waals surface area contributed by atoms with E-state index in [-0.39, 0.29) is 23.6 Å². The second-order valence-electron chi connectivity index (χ2n) is 8.51. The second-order valence-corrected chi connectivity index (χ2v) is 8.51. The highest BCUT2D eigenvalue weighted by atomic mass is 16.3. The molecule has 2 fully saturated rings. The van der Waals surface area contributed by atoms with Gasteiger partial charge < -0.3 is 14.9 Å². The Kier molecular flexibility index (Phi) is 5.90. The molecule has 0 saturated carbocycles. The number of aliphatic hydroxyl groups is 1. The van der Waals surface area contributed by atoms with Gasteiger partial charge in [-0.2, -0.15) is 5.10 Å². The first-order chi connectivity index (χ1) is 14.4. The van der Waals surface area contributed by atoms with E-state index >= 15 is 0 Å². The van der Waals surface area contributed by atoms with Crippen LogP contribution >= 0.6 is 0 Å². The quantitative estimate of drug-likeness (QED) is 0.840. The van der Waals surface area contributed by atoms with Gasteiger partial charge in [0, 0.05) is 37.8 Å². The number of piperidine rings is 2. The molecule has 160 valence electrons. The van der Waals surface area contributed by atoms with Crippen LogP contribution in [-0.2, 0) is 0 Å². The average Bonchev–Trinajstić information content (AvgIpc) is 2.76. The van der Waals surface area contributed by atoms with Gasteiger partial charge in [-0.05, 0) is 56.7 Å². The van der Waals surface area contributed by atoms with Crippen LogP contribution in [0.2, 0.25) is 0 Å². The summed E-state index contributed by atoms with van der Waals surface area (Å²) in [4.78, 5) is 29.9. The summed E-state index contributed by atoms with van der Waals surface area (Å²) in [5.41, 5.74) is 3.52. The van der Waals surface area contributed by atoms with Crippen LogP contribution in [0.15, 0.2) is 35.3 Å². The number of nitrogens with zero attached hydrogens (tertiary/aromatic N) is 4. The van der Waals surface area contributed by atoms with Crippen molar-refractivity contribution in [1.29, 1.82) is 0 Å². The lowest BCUT2D eigenvalue weighted by atomic mass is 10.00. The number of aliphatic hydroxyl groups excluding tert-OH is 1. The van der Waals surface area contributed by atoms with E-state index in [1.54, 1.807) is 12.3 Å². The molecule has 7 nitrogen and oxygen atoms in total. The number of aromatic nitrogens is 2. The molecule has 2 aliphatic rings. The minimum Gasteiger partial charge on any atom is -0.393 e. The molecule has 2 aliphatic heterocycles. The van der Waals surface area contributed by atoms with Crippen LogP contribution in [0.1, 0.15) is 53.2 Å². The summed E-state index contributed by atoms with van der Waals surface area (Å²) in [6.45, 7) is 6.65. The zero-order valence-corrected chi connectivity index (χ0v) is 17.8. The number of hydrogen-bond acceptors (Lipinski definition) is 5. The Bertz CT molecular complexity index is 979. The number of carbonyl (C=O) groups excluding carboxylic acids is 1. The number of carbonyl (C=O) groups is 1. The van der Waals surface area contributed by atoms with Crippen molar-refractivity contribution in [2.75, 3.05) is 31.1 Å². The van der Waals surface area contributed by atoms with Crippen LogP contribution in [0.4, 0.5) is 5.69 Å². The summed E-state index contributed by atoms with van der Waals surface area (Å²) in [5, 5.41) is 14.1. The van der Waals surface area contributed by atoms with Crippen molar-refractivity contribution in [3.05, 3.63) is 57.5 Å². The molecule has 0 bridgehead atoms. The number of hydrogen-bond donors (Lipinski definition) is 1. The van der Waals surface area contributed by atoms with E-state index in [1.807, 2.05) is 36.9 Å². The Balaban J connectivity index is 1.50. The Labute approximate surface area is 176 Å². The van der Waals surface area contributed by atoms with Crippen molar-refractivity contribution in [3.63, 3.8) is 0 Å². The lowest BCUT2D eigenvalue weighted by Gasteiger charge is -2.34. The van der Waals surface area contributed by atoms with E-state index in [2.05, 4.69) is 10.00 Å². The van der Waals surface area contributed by atoms with Gasteiger partial charge in [0.05, 0.1) is 24.0 Å². The molecule has 0 spiro atoms. The van der Waals surface area contributed by atoms with Crippen molar-refractivity contribution in [2.24, 2.45) is 0 Å². The molecule has 1 atom stereocenters. The normalized spacial score (nSPS) is 20.4. The Morgan fingerprint density at radius 1 is 1.13 bits per heavy atom. The second kappa shape index (κ2) is 8.60. The predicted octanol–water partition coefficient (Wildman–Crippen LogP) is 2.30. The number of anilines is 1. The molecule has 3 heterocycles. The molecule has 1 aromatic heterocycles. The Hall–Kier alpha value is -2.67. The van der Waals surface area contributed by atoms with E-state index in [0.29, 0.717) is 25.9 Å². The maximum atomic E-state index is 13.1. The summed E-state index contributed by atoms with van der Waals surface area (Å²) in [7, 11) is 0. The van der Waals surface area contributed by atoms with Gasteiger partial charge in [0.2, 0.25) is 0 Å². The zero-order valence-electron chi connectivity index (χ0n) is 17.8. The van der Waals surface area contributed by atoms with Gasteiger partial charge in [0.15, 0.2) is 0 Å². The van der Waals surface area contributed by atoms with E-state index < -0.39 is 0 Å². The highest BCUT2D eigenvalue weighted by Gasteiger charge is 2.28. The fraction of sp³-hybridized carbons (Fsp3) is 0.522. The van der Waals surface area contributed by atoms with Crippen molar-refractivity contribution < 1.29 is 9.90 Å². The predicted molar refractivity (Wildman–Crippen MR) is 116 cm³/mol. The first kappa shape index (κ1) is 20.6. The fourth-order valence-corrected chi connectivity index (χ4v) is 4.47. The molecular formula is C23H30N4O3. The van der Waals surface area contributed by atoms with E-state index in [4.69, 9.17) is 0 Å². The third-order valence-corrected chi connectivity index (χ3v) is 6.51. The molecule has 0 radical (unpaired) electrons. The minimum atomic E-state index is -0.252. The number of aryl methyl sites for hydroxylation is 1. The highest BCUT2D eigenvalue weighted by molar-refractivity contribution is 5.96. The SMILES string of the molecule is Cc1cccc(C(=O)N2CCCC(n3ncc(N4CCC(O)CC4)cc3=O)C2)c1C. The van der Waals surface area contributed by atoms with Crippen LogP contribution in [-0.4, -0.2) is 58.0 Å². The number of benzene rings is 1. The highest BCUT2D eigenvalue weighted by Crippen LogP contribution is 2.24. The summed E-state index contributed by atoms with van der Waals surface area (Å²) < 4.78 is 1.53. The third kappa shape index (κ3) is 4.12. The number of rotatable bonds is 3. The average molecular weight is 411 g/mol. The summed E-state index contributed by atoms with van der Waals surface area (Å²) in [6, 6.07) is 7.33. The third-order valence-electron chi connectivity index (χ3n) is 6.51. The Morgan fingerprint density at radius 3 is 2.63 bits per heavy atom. The van der Waals surface area contributed by atoms with Gasteiger partial charge in [-0.15, -0.1) is 0 Å². The first-order valence-corrected chi connectivity index (χ1v) is 10.8. The van der Waals surface area contributed by atoms with Crippen molar-refractivity contribution >= 4 is 11.6 Å². The van der Waals surface area contributed by atoms with Gasteiger partial charge >= 0.3 is 0 Å². The van der Waals surface area contributed by atoms with E-state index in [9.17, 15) is 14.7 Å². The van der Waals surface area contributed by atoms with Gasteiger partial charge in [0.25, 0.3) is 11.5 Å². The van der Waals surface area contributed by atoms with E-state index in [0.717, 1.165) is 48.3 Å². The van der Waals surface area contributed by atoms with Crippen molar-refractivity contribution in [2.45, 2.75) is 51.7 Å². The summed E-state index contributed by atoms with van der Waals surface area (Å²) >= 11 is 0. The van der Waals surface area contributed by atoms with Crippen LogP contribution in [0, 0.1) is 13.8 Å². The van der Waals surface area contributed by atoms with E-state index in [1.165, 1.54) is 4.68 Å². The molecule has 7 heteroatoms. The van der Waals surface area contributed by atoms with Gasteiger partial charge in [-0.1, -0.05) is 12.1 Å². The number of amides is 1. The maximum absolute atomic E-state index is 13.1. The van der Waals surface area contributed by atoms with Gasteiger partial charge in [-0.25, -0.2) is 4.68 Å². The molecule has 2 saturated heterocycles. The molecular weight excluding hydrogens is 380 g/mol. The standard InChI is InChI=1S/C23H30N4O3/c1-16-5-3-7-21(17(16)2)23(30)26-10-4-6-18(15-26)27-22(29)13-19(14-24-27)25-11-8-20(28)9-12-25/h3,5,7,13-14,18,20,28H,4,6,8-12,15H2,1-2H3. The molecule has 1 N–H and O–H groups in total. The van der Waals surface area contributed by atoms with Gasteiger partial charge in [0.1, 0.15) is 0 Å². The van der Waals surface area contributed by atoms with Crippen LogP contribution in [0.5, 0.6) is 0 Å². The molecule has 1 aromatic carbocycles. The maximum Gasteiger partial charge on any atom is 0.269 e. The molecule has 1 unspecified atom stereocenters. The van der Waals surface area contributed by atoms with Crippen molar-refractivity contribution in [1.82, 2.24) is 14.7 Å². The fourth-order valence-electron chi connectivity index (χ4n) is 4.47. The summed E-state index contributed by atoms with van der Waals surface area (Å²) in [6.07, 6.45) is 4.59. The number of likely N-dealkylation sites (tertiary alicyclic amines) is 1. The molecule has 0 aliphatic carbocycles. The molecule has 2 aromatic rings. The topological polar surface area (TPSA) is 78.7 Å².